The monoisotopic (exact) mass is 449 g/mol. The SMILES string of the molecule is C[C@H](NC(=O)[C@H]1CC[C@H](Oc2ccc(C(=O)c3ccccc3)c(Cl)c2Cl)C1)C(=O)O. The largest absolute Gasteiger partial charge is 0.489 e. The van der Waals surface area contributed by atoms with E-state index in [9.17, 15) is 14.4 Å². The topological polar surface area (TPSA) is 92.7 Å². The molecule has 3 rings (SSSR count). The highest BCUT2D eigenvalue weighted by molar-refractivity contribution is 6.45. The summed E-state index contributed by atoms with van der Waals surface area (Å²) in [6, 6.07) is 11.0. The van der Waals surface area contributed by atoms with E-state index in [1.165, 1.54) is 6.92 Å². The van der Waals surface area contributed by atoms with Crippen LogP contribution in [0.2, 0.25) is 10.0 Å². The molecule has 2 aromatic carbocycles. The Morgan fingerprint density at radius 2 is 1.77 bits per heavy atom. The van der Waals surface area contributed by atoms with Crippen LogP contribution in [0.1, 0.15) is 42.1 Å². The number of carboxylic acid groups (broad SMARTS) is 1. The Morgan fingerprint density at radius 3 is 2.43 bits per heavy atom. The van der Waals surface area contributed by atoms with Crippen molar-refractivity contribution in [1.29, 1.82) is 0 Å². The molecule has 1 fully saturated rings. The maximum atomic E-state index is 12.7. The number of halogens is 2. The Morgan fingerprint density at radius 1 is 1.07 bits per heavy atom. The van der Waals surface area contributed by atoms with Gasteiger partial charge in [0.25, 0.3) is 0 Å². The van der Waals surface area contributed by atoms with Gasteiger partial charge in [0.1, 0.15) is 16.8 Å². The molecule has 3 atom stereocenters. The lowest BCUT2D eigenvalue weighted by atomic mass is 10.0. The van der Waals surface area contributed by atoms with Crippen molar-refractivity contribution in [2.24, 2.45) is 5.92 Å². The van der Waals surface area contributed by atoms with Crippen LogP contribution in [-0.2, 0) is 9.59 Å². The molecule has 158 valence electrons. The predicted molar refractivity (Wildman–Crippen MR) is 113 cm³/mol. The summed E-state index contributed by atoms with van der Waals surface area (Å²) in [6.07, 6.45) is 1.39. The van der Waals surface area contributed by atoms with Crippen LogP contribution < -0.4 is 10.1 Å². The third-order valence-corrected chi connectivity index (χ3v) is 5.97. The van der Waals surface area contributed by atoms with Gasteiger partial charge in [0.15, 0.2) is 5.78 Å². The van der Waals surface area contributed by atoms with Crippen LogP contribution in [0.4, 0.5) is 0 Å². The average Bonchev–Trinajstić information content (AvgIpc) is 3.20. The number of ketones is 1. The van der Waals surface area contributed by atoms with Crippen molar-refractivity contribution in [1.82, 2.24) is 5.32 Å². The zero-order valence-corrected chi connectivity index (χ0v) is 17.7. The molecular weight excluding hydrogens is 429 g/mol. The predicted octanol–water partition coefficient (Wildman–Crippen LogP) is 4.36. The number of rotatable bonds is 7. The minimum Gasteiger partial charge on any atom is -0.489 e. The van der Waals surface area contributed by atoms with Crippen LogP contribution in [0.15, 0.2) is 42.5 Å². The third-order valence-electron chi connectivity index (χ3n) is 5.11. The zero-order chi connectivity index (χ0) is 21.8. The maximum absolute atomic E-state index is 12.7. The molecule has 6 nitrogen and oxygen atoms in total. The molecule has 0 unspecified atom stereocenters. The van der Waals surface area contributed by atoms with E-state index >= 15 is 0 Å². The minimum absolute atomic E-state index is 0.116. The average molecular weight is 450 g/mol. The summed E-state index contributed by atoms with van der Waals surface area (Å²) in [4.78, 5) is 35.8. The summed E-state index contributed by atoms with van der Waals surface area (Å²) >= 11 is 12.7. The maximum Gasteiger partial charge on any atom is 0.325 e. The highest BCUT2D eigenvalue weighted by Crippen LogP contribution is 2.38. The number of ether oxygens (including phenoxy) is 1. The number of hydrogen-bond donors (Lipinski definition) is 2. The number of nitrogens with one attached hydrogen (secondary N) is 1. The first-order chi connectivity index (χ1) is 14.3. The second kappa shape index (κ2) is 9.49. The molecule has 0 bridgehead atoms. The van der Waals surface area contributed by atoms with E-state index in [0.29, 0.717) is 30.6 Å². The number of benzene rings is 2. The molecule has 8 heteroatoms. The van der Waals surface area contributed by atoms with Gasteiger partial charge in [0.2, 0.25) is 5.91 Å². The van der Waals surface area contributed by atoms with Crippen molar-refractivity contribution in [3.63, 3.8) is 0 Å². The van der Waals surface area contributed by atoms with E-state index in [1.54, 1.807) is 36.4 Å². The smallest absolute Gasteiger partial charge is 0.325 e. The molecular formula is C22H21Cl2NO5. The van der Waals surface area contributed by atoms with E-state index in [2.05, 4.69) is 5.32 Å². The van der Waals surface area contributed by atoms with Crippen LogP contribution in [0.3, 0.4) is 0 Å². The highest BCUT2D eigenvalue weighted by Gasteiger charge is 2.33. The number of aliphatic carboxylic acids is 1. The van der Waals surface area contributed by atoms with E-state index in [4.69, 9.17) is 33.0 Å². The Kier molecular flexibility index (Phi) is 7.00. The van der Waals surface area contributed by atoms with Crippen LogP contribution in [0.25, 0.3) is 0 Å². The summed E-state index contributed by atoms with van der Waals surface area (Å²) in [5.74, 6) is -1.61. The van der Waals surface area contributed by atoms with E-state index in [-0.39, 0.29) is 39.3 Å². The number of amides is 1. The molecule has 0 saturated heterocycles. The van der Waals surface area contributed by atoms with E-state index in [1.807, 2.05) is 6.07 Å². The number of carboxylic acids is 1. The minimum atomic E-state index is -1.08. The standard InChI is InChI=1S/C22H21Cl2NO5/c1-12(22(28)29)25-21(27)14-7-8-15(11-14)30-17-10-9-16(18(23)19(17)24)20(26)13-5-3-2-4-6-13/h2-6,9-10,12,14-15H,7-8,11H2,1H3,(H,25,27)(H,28,29)/t12-,14-,15-/m0/s1. The lowest BCUT2D eigenvalue weighted by Crippen LogP contribution is -2.41. The van der Waals surface area contributed by atoms with Gasteiger partial charge in [0.05, 0.1) is 11.1 Å². The van der Waals surface area contributed by atoms with E-state index < -0.39 is 12.0 Å². The Balaban J connectivity index is 1.67. The zero-order valence-electron chi connectivity index (χ0n) is 16.2. The summed E-state index contributed by atoms with van der Waals surface area (Å²) in [5, 5.41) is 11.7. The lowest BCUT2D eigenvalue weighted by Gasteiger charge is -2.17. The van der Waals surface area contributed by atoms with E-state index in [0.717, 1.165) is 0 Å². The first-order valence-electron chi connectivity index (χ1n) is 9.55. The molecule has 1 amide bonds. The molecule has 0 aromatic heterocycles. The molecule has 30 heavy (non-hydrogen) atoms. The molecule has 1 aliphatic rings. The number of carbonyl (C=O) groups is 3. The molecule has 1 saturated carbocycles. The fourth-order valence-electron chi connectivity index (χ4n) is 3.40. The second-order valence-electron chi connectivity index (χ2n) is 7.25. The van der Waals surface area contributed by atoms with Gasteiger partial charge >= 0.3 is 5.97 Å². The summed E-state index contributed by atoms with van der Waals surface area (Å²) in [7, 11) is 0. The first kappa shape index (κ1) is 22.1. The Bertz CT molecular complexity index is 964. The van der Waals surface area contributed by atoms with Gasteiger partial charge < -0.3 is 15.2 Å². The Hall–Kier alpha value is -2.57. The lowest BCUT2D eigenvalue weighted by molar-refractivity contribution is -0.141. The van der Waals surface area contributed by atoms with Gasteiger partial charge in [-0.2, -0.15) is 0 Å². The van der Waals surface area contributed by atoms with Crippen molar-refractivity contribution in [3.05, 3.63) is 63.6 Å². The second-order valence-corrected chi connectivity index (χ2v) is 8.01. The molecule has 1 aliphatic carbocycles. The summed E-state index contributed by atoms with van der Waals surface area (Å²) in [5.41, 5.74) is 0.788. The van der Waals surface area contributed by atoms with Crippen LogP contribution in [0.5, 0.6) is 5.75 Å². The van der Waals surface area contributed by atoms with Crippen molar-refractivity contribution < 1.29 is 24.2 Å². The number of hydrogen-bond acceptors (Lipinski definition) is 4. The van der Waals surface area contributed by atoms with Crippen LogP contribution in [0, 0.1) is 5.92 Å². The molecule has 0 radical (unpaired) electrons. The third kappa shape index (κ3) is 4.94. The summed E-state index contributed by atoms with van der Waals surface area (Å²) in [6.45, 7) is 1.42. The van der Waals surface area contributed by atoms with Gasteiger partial charge in [-0.15, -0.1) is 0 Å². The van der Waals surface area contributed by atoms with Gasteiger partial charge in [-0.25, -0.2) is 0 Å². The molecule has 0 heterocycles. The van der Waals surface area contributed by atoms with Crippen LogP contribution in [-0.4, -0.2) is 34.9 Å². The fraction of sp³-hybridized carbons (Fsp3) is 0.318. The van der Waals surface area contributed by atoms with Gasteiger partial charge in [-0.05, 0) is 38.3 Å². The summed E-state index contributed by atoms with van der Waals surface area (Å²) < 4.78 is 5.94. The molecule has 0 spiro atoms. The number of carbonyl (C=O) groups excluding carboxylic acids is 2. The quantitative estimate of drug-likeness (QED) is 0.612. The van der Waals surface area contributed by atoms with Crippen molar-refractivity contribution in [2.75, 3.05) is 0 Å². The van der Waals surface area contributed by atoms with Gasteiger partial charge in [-0.3, -0.25) is 14.4 Å². The van der Waals surface area contributed by atoms with Gasteiger partial charge in [0, 0.05) is 17.0 Å². The van der Waals surface area contributed by atoms with Crippen LogP contribution >= 0.6 is 23.2 Å². The molecule has 0 aliphatic heterocycles. The van der Waals surface area contributed by atoms with Crippen molar-refractivity contribution >= 4 is 40.9 Å². The van der Waals surface area contributed by atoms with Crippen molar-refractivity contribution in [3.8, 4) is 5.75 Å². The Labute approximate surface area is 184 Å². The first-order valence-corrected chi connectivity index (χ1v) is 10.3. The van der Waals surface area contributed by atoms with Gasteiger partial charge in [-0.1, -0.05) is 53.5 Å². The normalized spacial score (nSPS) is 19.2. The fourth-order valence-corrected chi connectivity index (χ4v) is 3.85. The van der Waals surface area contributed by atoms with Crippen molar-refractivity contribution in [2.45, 2.75) is 38.3 Å². The highest BCUT2D eigenvalue weighted by atomic mass is 35.5. The molecule has 2 N–H and O–H groups in total. The molecule has 2 aromatic rings.